The summed E-state index contributed by atoms with van der Waals surface area (Å²) in [6.45, 7) is 3.65. The maximum absolute atomic E-state index is 10.7. The van der Waals surface area contributed by atoms with Gasteiger partial charge in [-0.3, -0.25) is 0 Å². The van der Waals surface area contributed by atoms with Crippen molar-refractivity contribution in [2.45, 2.75) is 115 Å². The molecule has 0 aromatic heterocycles. The van der Waals surface area contributed by atoms with Crippen molar-refractivity contribution in [3.05, 3.63) is 0 Å². The van der Waals surface area contributed by atoms with E-state index >= 15 is 0 Å². The Morgan fingerprint density at radius 3 is 1.58 bits per heavy atom. The molecule has 2 unspecified atom stereocenters. The summed E-state index contributed by atoms with van der Waals surface area (Å²) in [6.07, 6.45) is 14.8. The quantitative estimate of drug-likeness (QED) is 0.248. The Morgan fingerprint density at radius 1 is 0.792 bits per heavy atom. The molecule has 0 saturated carbocycles. The molecule has 0 aliphatic rings. The number of rotatable bonds is 16. The minimum absolute atomic E-state index is 0. The molecule has 0 fully saturated rings. The first kappa shape index (κ1) is 27.7. The molecule has 0 saturated heterocycles. The van der Waals surface area contributed by atoms with E-state index in [-0.39, 0.29) is 57.5 Å². The Balaban J connectivity index is 0. The summed E-state index contributed by atoms with van der Waals surface area (Å²) < 4.78 is 32.2. The third-order valence-electron chi connectivity index (χ3n) is 4.53. The van der Waals surface area contributed by atoms with Gasteiger partial charge in [-0.2, -0.15) is 0 Å². The molecule has 6 heteroatoms. The SMILES string of the molecule is CCCCC(O)CCCCCCCCCCCC(C)S(=O)(=O)[O-].[K+]. The van der Waals surface area contributed by atoms with Crippen molar-refractivity contribution in [3.8, 4) is 0 Å². The minimum atomic E-state index is -4.09. The monoisotopic (exact) mass is 388 g/mol. The summed E-state index contributed by atoms with van der Waals surface area (Å²) in [5.41, 5.74) is 0. The van der Waals surface area contributed by atoms with Gasteiger partial charge in [-0.1, -0.05) is 77.6 Å². The molecular weight excluding hydrogens is 351 g/mol. The molecule has 0 radical (unpaired) electrons. The fraction of sp³-hybridized carbons (Fsp3) is 1.00. The normalized spacial score (nSPS) is 14.2. The van der Waals surface area contributed by atoms with E-state index in [0.717, 1.165) is 51.4 Å². The van der Waals surface area contributed by atoms with Gasteiger partial charge in [-0.25, -0.2) is 8.42 Å². The molecule has 0 aromatic rings. The van der Waals surface area contributed by atoms with Crippen LogP contribution in [-0.2, 0) is 10.1 Å². The van der Waals surface area contributed by atoms with Gasteiger partial charge >= 0.3 is 51.4 Å². The molecule has 0 aromatic carbocycles. The molecular formula is C18H37KO4S. The Kier molecular flexibility index (Phi) is 20.7. The molecule has 0 rings (SSSR count). The van der Waals surface area contributed by atoms with Crippen LogP contribution >= 0.6 is 0 Å². The Morgan fingerprint density at radius 2 is 1.17 bits per heavy atom. The molecule has 0 amide bonds. The van der Waals surface area contributed by atoms with Crippen molar-refractivity contribution >= 4 is 10.1 Å². The fourth-order valence-corrected chi connectivity index (χ4v) is 3.23. The van der Waals surface area contributed by atoms with Gasteiger partial charge in [0.1, 0.15) is 0 Å². The zero-order chi connectivity index (χ0) is 17.6. The first-order chi connectivity index (χ1) is 10.9. The maximum Gasteiger partial charge on any atom is 1.00 e. The zero-order valence-electron chi connectivity index (χ0n) is 16.1. The predicted octanol–water partition coefficient (Wildman–Crippen LogP) is 1.77. The smallest absolute Gasteiger partial charge is 0.748 e. The van der Waals surface area contributed by atoms with E-state index < -0.39 is 15.4 Å². The van der Waals surface area contributed by atoms with Gasteiger partial charge in [0.2, 0.25) is 0 Å². The molecule has 2 atom stereocenters. The first-order valence-electron chi connectivity index (χ1n) is 9.50. The topological polar surface area (TPSA) is 77.4 Å². The van der Waals surface area contributed by atoms with Gasteiger partial charge < -0.3 is 9.66 Å². The second kappa shape index (κ2) is 17.9. The van der Waals surface area contributed by atoms with Crippen molar-refractivity contribution in [3.63, 3.8) is 0 Å². The summed E-state index contributed by atoms with van der Waals surface area (Å²) in [5.74, 6) is 0. The summed E-state index contributed by atoms with van der Waals surface area (Å²) in [6, 6.07) is 0. The average Bonchev–Trinajstić information content (AvgIpc) is 2.49. The summed E-state index contributed by atoms with van der Waals surface area (Å²) in [5, 5.41) is 8.99. The average molecular weight is 389 g/mol. The van der Waals surface area contributed by atoms with E-state index in [9.17, 15) is 18.1 Å². The minimum Gasteiger partial charge on any atom is -0.748 e. The van der Waals surface area contributed by atoms with Crippen LogP contribution in [0.25, 0.3) is 0 Å². The van der Waals surface area contributed by atoms with E-state index in [4.69, 9.17) is 0 Å². The van der Waals surface area contributed by atoms with Crippen LogP contribution in [0.15, 0.2) is 0 Å². The molecule has 4 nitrogen and oxygen atoms in total. The number of hydrogen-bond acceptors (Lipinski definition) is 4. The molecule has 140 valence electrons. The van der Waals surface area contributed by atoms with E-state index in [1.54, 1.807) is 0 Å². The standard InChI is InChI=1S/C18H38O4S.K/c1-3-4-15-18(19)16-13-11-9-7-5-6-8-10-12-14-17(2)23(20,21)22;/h17-19H,3-16H2,1-2H3,(H,20,21,22);/q;+1/p-1. The van der Waals surface area contributed by atoms with Crippen molar-refractivity contribution < 1.29 is 69.5 Å². The number of aliphatic hydroxyl groups is 1. The summed E-state index contributed by atoms with van der Waals surface area (Å²) in [7, 11) is -4.09. The van der Waals surface area contributed by atoms with Crippen LogP contribution in [0.1, 0.15) is 104 Å². The predicted molar refractivity (Wildman–Crippen MR) is 95.5 cm³/mol. The number of unbranched alkanes of at least 4 members (excludes halogenated alkanes) is 9. The molecule has 24 heavy (non-hydrogen) atoms. The Bertz CT molecular complexity index is 360. The molecule has 0 aliphatic heterocycles. The van der Waals surface area contributed by atoms with Gasteiger partial charge in [-0.05, 0) is 26.2 Å². The molecule has 0 heterocycles. The summed E-state index contributed by atoms with van der Waals surface area (Å²) in [4.78, 5) is 0. The van der Waals surface area contributed by atoms with Crippen LogP contribution in [0.2, 0.25) is 0 Å². The second-order valence-corrected chi connectivity index (χ2v) is 8.65. The van der Waals surface area contributed by atoms with E-state index in [1.165, 1.54) is 39.0 Å². The van der Waals surface area contributed by atoms with Crippen molar-refractivity contribution in [2.75, 3.05) is 0 Å². The Hall–Kier alpha value is 1.51. The number of aliphatic hydroxyl groups excluding tert-OH is 1. The van der Waals surface area contributed by atoms with E-state index in [1.807, 2.05) is 0 Å². The van der Waals surface area contributed by atoms with Crippen molar-refractivity contribution in [2.24, 2.45) is 0 Å². The van der Waals surface area contributed by atoms with Gasteiger partial charge in [-0.15, -0.1) is 0 Å². The van der Waals surface area contributed by atoms with E-state index in [2.05, 4.69) is 6.92 Å². The van der Waals surface area contributed by atoms with Gasteiger partial charge in [0.15, 0.2) is 0 Å². The van der Waals surface area contributed by atoms with Gasteiger partial charge in [0.05, 0.1) is 16.2 Å². The molecule has 0 spiro atoms. The van der Waals surface area contributed by atoms with Crippen LogP contribution in [0.3, 0.4) is 0 Å². The van der Waals surface area contributed by atoms with Gasteiger partial charge in [0.25, 0.3) is 0 Å². The van der Waals surface area contributed by atoms with E-state index in [0.29, 0.717) is 6.42 Å². The maximum atomic E-state index is 10.7. The molecule has 0 bridgehead atoms. The van der Waals surface area contributed by atoms with Crippen LogP contribution in [0, 0.1) is 0 Å². The van der Waals surface area contributed by atoms with Crippen LogP contribution in [0.4, 0.5) is 0 Å². The van der Waals surface area contributed by atoms with Crippen molar-refractivity contribution in [1.29, 1.82) is 0 Å². The van der Waals surface area contributed by atoms with Gasteiger partial charge in [0, 0.05) is 5.25 Å². The second-order valence-electron chi connectivity index (χ2n) is 6.86. The number of hydrogen-bond donors (Lipinski definition) is 1. The van der Waals surface area contributed by atoms with Crippen LogP contribution in [-0.4, -0.2) is 29.4 Å². The van der Waals surface area contributed by atoms with Crippen molar-refractivity contribution in [1.82, 2.24) is 0 Å². The van der Waals surface area contributed by atoms with Crippen LogP contribution in [0.5, 0.6) is 0 Å². The third-order valence-corrected chi connectivity index (χ3v) is 5.75. The zero-order valence-corrected chi connectivity index (χ0v) is 20.1. The first-order valence-corrected chi connectivity index (χ1v) is 11.0. The Labute approximate surface area is 192 Å². The molecule has 0 aliphatic carbocycles. The summed E-state index contributed by atoms with van der Waals surface area (Å²) >= 11 is 0. The largest absolute Gasteiger partial charge is 1.00 e. The van der Waals surface area contributed by atoms with Crippen LogP contribution < -0.4 is 51.4 Å². The fourth-order valence-electron chi connectivity index (χ4n) is 2.78. The molecule has 1 N–H and O–H groups in total. The third kappa shape index (κ3) is 18.3.